The Morgan fingerprint density at radius 3 is 2.55 bits per heavy atom. The molecule has 0 aliphatic carbocycles. The Balaban J connectivity index is 1.61. The van der Waals surface area contributed by atoms with Crippen LogP contribution in [0.5, 0.6) is 0 Å². The lowest BCUT2D eigenvalue weighted by Crippen LogP contribution is -2.46. The molecule has 0 unspecified atom stereocenters. The molecule has 0 aromatic heterocycles. The average Bonchev–Trinajstić information content (AvgIpc) is 3.31. The van der Waals surface area contributed by atoms with E-state index in [-0.39, 0.29) is 25.2 Å². The fraction of sp³-hybridized carbons (Fsp3) is 0.636. The monoisotopic (exact) mass is 405 g/mol. The Morgan fingerprint density at radius 1 is 1.24 bits per heavy atom. The molecule has 1 N–H and O–H groups in total. The van der Waals surface area contributed by atoms with Crippen molar-refractivity contribution in [3.05, 3.63) is 35.9 Å². The summed E-state index contributed by atoms with van der Waals surface area (Å²) in [7, 11) is 0. The van der Waals surface area contributed by atoms with Gasteiger partial charge in [0.15, 0.2) is 5.79 Å². The summed E-state index contributed by atoms with van der Waals surface area (Å²) in [5, 5.41) is 10.7. The second kappa shape index (κ2) is 9.24. The summed E-state index contributed by atoms with van der Waals surface area (Å²) in [5.41, 5.74) is 1.02. The van der Waals surface area contributed by atoms with Crippen LogP contribution in [-0.4, -0.2) is 59.3 Å². The SMILES string of the molecule is CCC1(CC)OC[C@H](C[C@@H](O)[C@H](C)C(=O)N2C(=O)OC[C@@H]2Cc2ccccc2)O1. The number of imide groups is 1. The van der Waals surface area contributed by atoms with Crippen LogP contribution in [-0.2, 0) is 25.4 Å². The maximum absolute atomic E-state index is 13.0. The average molecular weight is 405 g/mol. The van der Waals surface area contributed by atoms with Crippen LogP contribution >= 0.6 is 0 Å². The van der Waals surface area contributed by atoms with Gasteiger partial charge in [0.25, 0.3) is 0 Å². The number of hydrogen-bond donors (Lipinski definition) is 1. The van der Waals surface area contributed by atoms with Crippen molar-refractivity contribution in [3.63, 3.8) is 0 Å². The van der Waals surface area contributed by atoms with Gasteiger partial charge in [-0.3, -0.25) is 4.79 Å². The lowest BCUT2D eigenvalue weighted by atomic mass is 9.96. The van der Waals surface area contributed by atoms with E-state index in [4.69, 9.17) is 14.2 Å². The third-order valence-electron chi connectivity index (χ3n) is 5.97. The number of hydrogen-bond acceptors (Lipinski definition) is 6. The number of ether oxygens (including phenoxy) is 3. The minimum Gasteiger partial charge on any atom is -0.447 e. The predicted molar refractivity (Wildman–Crippen MR) is 106 cm³/mol. The number of benzene rings is 1. The van der Waals surface area contributed by atoms with Gasteiger partial charge in [-0.25, -0.2) is 9.69 Å². The number of carbonyl (C=O) groups is 2. The number of cyclic esters (lactones) is 1. The number of aliphatic hydroxyl groups is 1. The van der Waals surface area contributed by atoms with Crippen LogP contribution in [0.2, 0.25) is 0 Å². The van der Waals surface area contributed by atoms with E-state index in [1.54, 1.807) is 6.92 Å². The van der Waals surface area contributed by atoms with Crippen LogP contribution in [0.1, 0.15) is 45.6 Å². The number of rotatable bonds is 8. The van der Waals surface area contributed by atoms with Crippen LogP contribution in [0.3, 0.4) is 0 Å². The largest absolute Gasteiger partial charge is 0.447 e. The van der Waals surface area contributed by atoms with E-state index in [1.165, 1.54) is 0 Å². The standard InChI is InChI=1S/C22H31NO6/c1-4-22(5-2)28-14-18(29-22)12-19(24)15(3)20(25)23-17(13-27-21(23)26)11-16-9-7-6-8-10-16/h6-10,15,17-19,24H,4-5,11-14H2,1-3H3/t15-,17-,18-,19+/m0/s1. The Kier molecular flexibility index (Phi) is 6.93. The van der Waals surface area contributed by atoms with E-state index in [9.17, 15) is 14.7 Å². The zero-order chi connectivity index (χ0) is 21.0. The zero-order valence-electron chi connectivity index (χ0n) is 17.4. The summed E-state index contributed by atoms with van der Waals surface area (Å²) in [4.78, 5) is 26.4. The summed E-state index contributed by atoms with van der Waals surface area (Å²) in [6, 6.07) is 9.29. The topological polar surface area (TPSA) is 85.3 Å². The number of carbonyl (C=O) groups excluding carboxylic acids is 2. The van der Waals surface area contributed by atoms with E-state index in [0.29, 0.717) is 13.0 Å². The van der Waals surface area contributed by atoms with Crippen molar-refractivity contribution in [2.45, 2.75) is 70.5 Å². The van der Waals surface area contributed by atoms with Gasteiger partial charge >= 0.3 is 6.09 Å². The maximum Gasteiger partial charge on any atom is 0.416 e. The van der Waals surface area contributed by atoms with E-state index < -0.39 is 29.8 Å². The second-order valence-corrected chi connectivity index (χ2v) is 7.89. The molecule has 2 aliphatic rings. The molecular weight excluding hydrogens is 374 g/mol. The smallest absolute Gasteiger partial charge is 0.416 e. The zero-order valence-corrected chi connectivity index (χ0v) is 17.4. The van der Waals surface area contributed by atoms with Gasteiger partial charge in [-0.15, -0.1) is 0 Å². The van der Waals surface area contributed by atoms with E-state index in [1.807, 2.05) is 44.2 Å². The van der Waals surface area contributed by atoms with Crippen molar-refractivity contribution in [2.75, 3.05) is 13.2 Å². The molecule has 2 fully saturated rings. The molecule has 2 amide bonds. The minimum atomic E-state index is -0.939. The van der Waals surface area contributed by atoms with E-state index in [0.717, 1.165) is 23.3 Å². The first-order chi connectivity index (χ1) is 13.9. The van der Waals surface area contributed by atoms with Crippen molar-refractivity contribution in [2.24, 2.45) is 5.92 Å². The van der Waals surface area contributed by atoms with Crippen molar-refractivity contribution in [1.29, 1.82) is 0 Å². The molecule has 2 saturated heterocycles. The van der Waals surface area contributed by atoms with Crippen LogP contribution in [0, 0.1) is 5.92 Å². The Labute approximate surface area is 171 Å². The third-order valence-corrected chi connectivity index (χ3v) is 5.97. The summed E-state index contributed by atoms with van der Waals surface area (Å²) in [6.07, 6.45) is 0.400. The molecule has 7 nitrogen and oxygen atoms in total. The minimum absolute atomic E-state index is 0.164. The van der Waals surface area contributed by atoms with E-state index >= 15 is 0 Å². The quantitative estimate of drug-likeness (QED) is 0.716. The summed E-state index contributed by atoms with van der Waals surface area (Å²) in [5.74, 6) is -1.77. The molecule has 0 saturated carbocycles. The highest BCUT2D eigenvalue weighted by Crippen LogP contribution is 2.33. The van der Waals surface area contributed by atoms with Crippen molar-refractivity contribution in [3.8, 4) is 0 Å². The molecule has 1 aromatic carbocycles. The van der Waals surface area contributed by atoms with Crippen molar-refractivity contribution >= 4 is 12.0 Å². The van der Waals surface area contributed by atoms with Crippen molar-refractivity contribution in [1.82, 2.24) is 4.90 Å². The molecular formula is C22H31NO6. The lowest BCUT2D eigenvalue weighted by Gasteiger charge is -2.28. The maximum atomic E-state index is 13.0. The molecule has 7 heteroatoms. The number of nitrogens with zero attached hydrogens (tertiary/aromatic N) is 1. The van der Waals surface area contributed by atoms with Gasteiger partial charge in [-0.05, 0) is 24.8 Å². The van der Waals surface area contributed by atoms with Crippen LogP contribution < -0.4 is 0 Å². The third kappa shape index (κ3) is 4.79. The molecule has 2 heterocycles. The lowest BCUT2D eigenvalue weighted by molar-refractivity contribution is -0.174. The predicted octanol–water partition coefficient (Wildman–Crippen LogP) is 2.90. The molecule has 0 spiro atoms. The second-order valence-electron chi connectivity index (χ2n) is 7.89. The molecule has 1 aromatic rings. The number of amides is 2. The van der Waals surface area contributed by atoms with E-state index in [2.05, 4.69) is 0 Å². The summed E-state index contributed by atoms with van der Waals surface area (Å²) in [6.45, 7) is 6.20. The molecule has 0 bridgehead atoms. The van der Waals surface area contributed by atoms with Gasteiger partial charge in [0.2, 0.25) is 5.91 Å². The molecule has 160 valence electrons. The highest BCUT2D eigenvalue weighted by molar-refractivity contribution is 5.95. The number of aliphatic hydroxyl groups excluding tert-OH is 1. The highest BCUT2D eigenvalue weighted by Gasteiger charge is 2.43. The Morgan fingerprint density at radius 2 is 1.93 bits per heavy atom. The van der Waals surface area contributed by atoms with Gasteiger partial charge < -0.3 is 19.3 Å². The molecule has 0 radical (unpaired) electrons. The van der Waals surface area contributed by atoms with Crippen molar-refractivity contribution < 1.29 is 28.9 Å². The Hall–Kier alpha value is -1.96. The first kappa shape index (κ1) is 21.7. The molecule has 4 atom stereocenters. The molecule has 2 aliphatic heterocycles. The first-order valence-electron chi connectivity index (χ1n) is 10.4. The van der Waals surface area contributed by atoms with Gasteiger partial charge in [-0.1, -0.05) is 51.1 Å². The van der Waals surface area contributed by atoms with Gasteiger partial charge in [0.05, 0.1) is 30.8 Å². The first-order valence-corrected chi connectivity index (χ1v) is 10.4. The fourth-order valence-electron chi connectivity index (χ4n) is 3.98. The fourth-order valence-corrected chi connectivity index (χ4v) is 3.98. The van der Waals surface area contributed by atoms with Crippen LogP contribution in [0.4, 0.5) is 4.79 Å². The summed E-state index contributed by atoms with van der Waals surface area (Å²) < 4.78 is 16.9. The van der Waals surface area contributed by atoms with Gasteiger partial charge in [0.1, 0.15) is 6.61 Å². The molecule has 3 rings (SSSR count). The van der Waals surface area contributed by atoms with Gasteiger partial charge in [0, 0.05) is 6.42 Å². The summed E-state index contributed by atoms with van der Waals surface area (Å²) >= 11 is 0. The Bertz CT molecular complexity index is 705. The van der Waals surface area contributed by atoms with Crippen LogP contribution in [0.15, 0.2) is 30.3 Å². The van der Waals surface area contributed by atoms with Gasteiger partial charge in [-0.2, -0.15) is 0 Å². The highest BCUT2D eigenvalue weighted by atomic mass is 16.7. The van der Waals surface area contributed by atoms with Crippen LogP contribution in [0.25, 0.3) is 0 Å². The molecule has 29 heavy (non-hydrogen) atoms. The normalized spacial score (nSPS) is 25.7.